The minimum atomic E-state index is 0.574. The summed E-state index contributed by atoms with van der Waals surface area (Å²) in [4.78, 5) is 9.26. The molecule has 1 aromatic carbocycles. The molecule has 3 heterocycles. The molecule has 21 heavy (non-hydrogen) atoms. The molecule has 2 aromatic rings. The van der Waals surface area contributed by atoms with Crippen LogP contribution in [0.15, 0.2) is 48.8 Å². The second kappa shape index (κ2) is 5.04. The highest BCUT2D eigenvalue weighted by Gasteiger charge is 2.43. The summed E-state index contributed by atoms with van der Waals surface area (Å²) < 4.78 is 0. The Labute approximate surface area is 125 Å². The number of piperazine rings is 1. The normalized spacial score (nSPS) is 24.7. The highest BCUT2D eigenvalue weighted by Crippen LogP contribution is 2.37. The van der Waals surface area contributed by atoms with Crippen LogP contribution in [-0.4, -0.2) is 35.1 Å². The van der Waals surface area contributed by atoms with Gasteiger partial charge in [0.15, 0.2) is 0 Å². The van der Waals surface area contributed by atoms with Crippen LogP contribution in [0.1, 0.15) is 12.0 Å². The lowest BCUT2D eigenvalue weighted by Crippen LogP contribution is -2.46. The van der Waals surface area contributed by atoms with Gasteiger partial charge in [-0.15, -0.1) is 0 Å². The molecule has 0 saturated carbocycles. The minimum absolute atomic E-state index is 0.574. The molecule has 0 radical (unpaired) electrons. The number of hydrogen-bond donors (Lipinski definition) is 1. The smallest absolute Gasteiger partial charge is 0.0789 e. The van der Waals surface area contributed by atoms with E-state index in [4.69, 9.17) is 5.73 Å². The minimum Gasteiger partial charge on any atom is -0.397 e. The van der Waals surface area contributed by atoms with Gasteiger partial charge in [-0.25, -0.2) is 0 Å². The highest BCUT2D eigenvalue weighted by molar-refractivity contribution is 5.67. The topological polar surface area (TPSA) is 45.4 Å². The van der Waals surface area contributed by atoms with E-state index < -0.39 is 0 Å². The molecule has 2 aliphatic rings. The third-order valence-corrected chi connectivity index (χ3v) is 4.72. The summed E-state index contributed by atoms with van der Waals surface area (Å²) in [6, 6.07) is 13.8. The summed E-state index contributed by atoms with van der Waals surface area (Å²) in [5.41, 5.74) is 9.44. The largest absolute Gasteiger partial charge is 0.397 e. The molecular weight excluding hydrogens is 260 g/mol. The van der Waals surface area contributed by atoms with E-state index in [1.807, 2.05) is 12.3 Å². The molecule has 4 rings (SSSR count). The standard InChI is InChI=1S/C17H20N4/c18-16-6-7-19-9-17(16)21-12-14-8-15(21)11-20(14)10-13-4-2-1-3-5-13/h1-7,9,14-15H,8,10-12H2,(H2,18,19). The van der Waals surface area contributed by atoms with Crippen molar-refractivity contribution < 1.29 is 0 Å². The Morgan fingerprint density at radius 3 is 2.67 bits per heavy atom. The molecule has 0 aliphatic carbocycles. The Hall–Kier alpha value is -2.07. The predicted octanol–water partition coefficient (Wildman–Crippen LogP) is 2.13. The van der Waals surface area contributed by atoms with Crippen molar-refractivity contribution in [1.82, 2.24) is 9.88 Å². The lowest BCUT2D eigenvalue weighted by atomic mass is 10.2. The van der Waals surface area contributed by atoms with Crippen LogP contribution >= 0.6 is 0 Å². The second-order valence-electron chi connectivity index (χ2n) is 6.05. The van der Waals surface area contributed by atoms with Crippen molar-refractivity contribution >= 4 is 11.4 Å². The van der Waals surface area contributed by atoms with Gasteiger partial charge in [-0.1, -0.05) is 30.3 Å². The molecule has 1 aromatic heterocycles. The van der Waals surface area contributed by atoms with E-state index in [2.05, 4.69) is 45.1 Å². The first-order valence-electron chi connectivity index (χ1n) is 7.55. The summed E-state index contributed by atoms with van der Waals surface area (Å²) >= 11 is 0. The molecule has 2 bridgehead atoms. The molecule has 2 atom stereocenters. The maximum atomic E-state index is 6.10. The van der Waals surface area contributed by atoms with Crippen LogP contribution in [0.5, 0.6) is 0 Å². The van der Waals surface area contributed by atoms with Crippen LogP contribution in [0.2, 0.25) is 0 Å². The van der Waals surface area contributed by atoms with Crippen molar-refractivity contribution in [2.75, 3.05) is 23.7 Å². The summed E-state index contributed by atoms with van der Waals surface area (Å²) in [6.45, 7) is 3.24. The number of nitrogens with zero attached hydrogens (tertiary/aromatic N) is 3. The monoisotopic (exact) mass is 280 g/mol. The fourth-order valence-electron chi connectivity index (χ4n) is 3.69. The number of fused-ring (bicyclic) bond motifs is 2. The second-order valence-corrected chi connectivity index (χ2v) is 6.05. The summed E-state index contributed by atoms with van der Waals surface area (Å²) in [5, 5.41) is 0. The fraction of sp³-hybridized carbons (Fsp3) is 0.353. The Bertz CT molecular complexity index is 628. The fourth-order valence-corrected chi connectivity index (χ4v) is 3.69. The highest BCUT2D eigenvalue weighted by atomic mass is 15.4. The van der Waals surface area contributed by atoms with E-state index in [0.717, 1.165) is 31.0 Å². The first-order valence-corrected chi connectivity index (χ1v) is 7.55. The summed E-state index contributed by atoms with van der Waals surface area (Å²) in [5.74, 6) is 0. The Morgan fingerprint density at radius 1 is 1.10 bits per heavy atom. The Morgan fingerprint density at radius 2 is 1.95 bits per heavy atom. The van der Waals surface area contributed by atoms with Crippen LogP contribution < -0.4 is 10.6 Å². The van der Waals surface area contributed by atoms with Crippen molar-refractivity contribution in [3.05, 3.63) is 54.4 Å². The third kappa shape index (κ3) is 2.25. The number of rotatable bonds is 3. The molecule has 2 saturated heterocycles. The number of nitrogens with two attached hydrogens (primary N) is 1. The first kappa shape index (κ1) is 12.7. The molecule has 2 unspecified atom stereocenters. The average molecular weight is 280 g/mol. The van der Waals surface area contributed by atoms with Gasteiger partial charge in [0.25, 0.3) is 0 Å². The van der Waals surface area contributed by atoms with Gasteiger partial charge in [0.2, 0.25) is 0 Å². The van der Waals surface area contributed by atoms with Crippen LogP contribution in [0.3, 0.4) is 0 Å². The lowest BCUT2D eigenvalue weighted by molar-refractivity contribution is 0.230. The van der Waals surface area contributed by atoms with E-state index >= 15 is 0 Å². The number of anilines is 2. The zero-order valence-electron chi connectivity index (χ0n) is 12.0. The lowest BCUT2D eigenvalue weighted by Gasteiger charge is -2.35. The van der Waals surface area contributed by atoms with Crippen molar-refractivity contribution in [3.63, 3.8) is 0 Å². The number of aromatic nitrogens is 1. The molecule has 2 aliphatic heterocycles. The Balaban J connectivity index is 1.47. The quantitative estimate of drug-likeness (QED) is 0.935. The molecule has 0 spiro atoms. The molecule has 2 N–H and O–H groups in total. The van der Waals surface area contributed by atoms with Crippen molar-refractivity contribution in [2.45, 2.75) is 25.0 Å². The number of hydrogen-bond acceptors (Lipinski definition) is 4. The van der Waals surface area contributed by atoms with Gasteiger partial charge in [0, 0.05) is 37.9 Å². The van der Waals surface area contributed by atoms with Gasteiger partial charge in [0.1, 0.15) is 0 Å². The van der Waals surface area contributed by atoms with E-state index in [0.29, 0.717) is 12.1 Å². The van der Waals surface area contributed by atoms with E-state index in [9.17, 15) is 0 Å². The Kier molecular flexibility index (Phi) is 3.04. The zero-order chi connectivity index (χ0) is 14.2. The van der Waals surface area contributed by atoms with Gasteiger partial charge in [0.05, 0.1) is 17.6 Å². The maximum absolute atomic E-state index is 6.10. The van der Waals surface area contributed by atoms with Gasteiger partial charge in [-0.3, -0.25) is 9.88 Å². The summed E-state index contributed by atoms with van der Waals surface area (Å²) in [7, 11) is 0. The van der Waals surface area contributed by atoms with Gasteiger partial charge >= 0.3 is 0 Å². The number of likely N-dealkylation sites (tertiary alicyclic amines) is 1. The number of benzene rings is 1. The van der Waals surface area contributed by atoms with Crippen LogP contribution in [0.4, 0.5) is 11.4 Å². The SMILES string of the molecule is Nc1ccncc1N1CC2CC1CN2Cc1ccccc1. The van der Waals surface area contributed by atoms with Gasteiger partial charge in [-0.05, 0) is 18.1 Å². The molecule has 108 valence electrons. The molecule has 0 amide bonds. The van der Waals surface area contributed by atoms with Crippen molar-refractivity contribution in [1.29, 1.82) is 0 Å². The van der Waals surface area contributed by atoms with Crippen molar-refractivity contribution in [2.24, 2.45) is 0 Å². The maximum Gasteiger partial charge on any atom is 0.0789 e. The van der Waals surface area contributed by atoms with E-state index in [-0.39, 0.29) is 0 Å². The van der Waals surface area contributed by atoms with Gasteiger partial charge in [-0.2, -0.15) is 0 Å². The molecular formula is C17H20N4. The van der Waals surface area contributed by atoms with Gasteiger partial charge < -0.3 is 10.6 Å². The molecule has 4 nitrogen and oxygen atoms in total. The average Bonchev–Trinajstić information content (AvgIpc) is 3.09. The third-order valence-electron chi connectivity index (χ3n) is 4.72. The number of pyridine rings is 1. The van der Waals surface area contributed by atoms with Crippen LogP contribution in [0, 0.1) is 0 Å². The van der Waals surface area contributed by atoms with E-state index in [1.165, 1.54) is 12.0 Å². The molecule has 2 fully saturated rings. The first-order chi connectivity index (χ1) is 10.3. The zero-order valence-corrected chi connectivity index (χ0v) is 12.0. The van der Waals surface area contributed by atoms with Crippen LogP contribution in [-0.2, 0) is 6.54 Å². The van der Waals surface area contributed by atoms with Crippen LogP contribution in [0.25, 0.3) is 0 Å². The predicted molar refractivity (Wildman–Crippen MR) is 85.0 cm³/mol. The molecule has 4 heteroatoms. The summed E-state index contributed by atoms with van der Waals surface area (Å²) in [6.07, 6.45) is 4.90. The van der Waals surface area contributed by atoms with Crippen molar-refractivity contribution in [3.8, 4) is 0 Å². The number of nitrogen functional groups attached to an aromatic ring is 1. The van der Waals surface area contributed by atoms with E-state index in [1.54, 1.807) is 6.20 Å².